The van der Waals surface area contributed by atoms with Crippen molar-refractivity contribution in [2.24, 2.45) is 0 Å². The van der Waals surface area contributed by atoms with Crippen LogP contribution in [0.1, 0.15) is 28.8 Å². The summed E-state index contributed by atoms with van der Waals surface area (Å²) in [4.78, 5) is 14.6. The summed E-state index contributed by atoms with van der Waals surface area (Å²) in [5.41, 5.74) is 1.65. The van der Waals surface area contributed by atoms with Crippen LogP contribution in [0.25, 0.3) is 0 Å². The van der Waals surface area contributed by atoms with Gasteiger partial charge in [0.1, 0.15) is 5.75 Å². The molecule has 1 aliphatic rings. The van der Waals surface area contributed by atoms with E-state index in [-0.39, 0.29) is 11.7 Å². The molecule has 3 nitrogen and oxygen atoms in total. The molecule has 21 heavy (non-hydrogen) atoms. The zero-order valence-electron chi connectivity index (χ0n) is 11.5. The topological polar surface area (TPSA) is 40.5 Å². The Morgan fingerprint density at radius 1 is 1.19 bits per heavy atom. The number of halogens is 1. The van der Waals surface area contributed by atoms with E-state index in [0.717, 1.165) is 22.9 Å². The van der Waals surface area contributed by atoms with Gasteiger partial charge in [-0.2, -0.15) is 0 Å². The van der Waals surface area contributed by atoms with E-state index >= 15 is 0 Å². The van der Waals surface area contributed by atoms with Gasteiger partial charge in [0.25, 0.3) is 5.91 Å². The van der Waals surface area contributed by atoms with Gasteiger partial charge < -0.3 is 10.0 Å². The molecule has 0 bridgehead atoms. The Bertz CT molecular complexity index is 650. The number of phenolic OH excluding ortho intramolecular Hbond substituents is 1. The summed E-state index contributed by atoms with van der Waals surface area (Å²) in [6.07, 6.45) is 2.11. The molecule has 3 rings (SSSR count). The van der Waals surface area contributed by atoms with Crippen LogP contribution in [0, 0.1) is 0 Å². The van der Waals surface area contributed by atoms with E-state index in [1.54, 1.807) is 18.2 Å². The molecule has 1 N–H and O–H groups in total. The summed E-state index contributed by atoms with van der Waals surface area (Å²) in [6, 6.07) is 14.9. The predicted octanol–water partition coefficient (Wildman–Crippen LogP) is 3.96. The molecule has 0 radical (unpaired) electrons. The molecule has 1 aliphatic carbocycles. The Hall–Kier alpha value is -1.81. The standard InChI is InChI=1S/C17H16BrNO2/c18-14-6-4-13(5-7-14)17(21)19(15-8-9-15)11-12-2-1-3-16(20)10-12/h1-7,10,15,20H,8-9,11H2. The second kappa shape index (κ2) is 5.90. The lowest BCUT2D eigenvalue weighted by Crippen LogP contribution is -2.32. The maximum atomic E-state index is 12.7. The van der Waals surface area contributed by atoms with Gasteiger partial charge in [-0.1, -0.05) is 28.1 Å². The number of hydrogen-bond acceptors (Lipinski definition) is 2. The Morgan fingerprint density at radius 2 is 1.90 bits per heavy atom. The number of rotatable bonds is 4. The molecule has 108 valence electrons. The number of phenols is 1. The molecule has 0 aliphatic heterocycles. The number of hydrogen-bond donors (Lipinski definition) is 1. The highest BCUT2D eigenvalue weighted by atomic mass is 79.9. The van der Waals surface area contributed by atoms with Gasteiger partial charge >= 0.3 is 0 Å². The van der Waals surface area contributed by atoms with Gasteiger partial charge in [-0.3, -0.25) is 4.79 Å². The SMILES string of the molecule is O=C(c1ccc(Br)cc1)N(Cc1cccc(O)c1)C1CC1. The smallest absolute Gasteiger partial charge is 0.254 e. The van der Waals surface area contributed by atoms with Crippen molar-refractivity contribution in [2.75, 3.05) is 0 Å². The Balaban J connectivity index is 1.81. The van der Waals surface area contributed by atoms with Crippen LogP contribution in [0.3, 0.4) is 0 Å². The van der Waals surface area contributed by atoms with E-state index in [4.69, 9.17) is 0 Å². The molecular weight excluding hydrogens is 330 g/mol. The van der Waals surface area contributed by atoms with Gasteiger partial charge in [0.2, 0.25) is 0 Å². The third-order valence-corrected chi connectivity index (χ3v) is 4.13. The number of amides is 1. The van der Waals surface area contributed by atoms with Crippen molar-refractivity contribution in [3.05, 3.63) is 64.1 Å². The monoisotopic (exact) mass is 345 g/mol. The van der Waals surface area contributed by atoms with Crippen LogP contribution in [0.5, 0.6) is 5.75 Å². The summed E-state index contributed by atoms with van der Waals surface area (Å²) in [6.45, 7) is 0.536. The van der Waals surface area contributed by atoms with Crippen LogP contribution in [0.15, 0.2) is 53.0 Å². The summed E-state index contributed by atoms with van der Waals surface area (Å²) in [5, 5.41) is 9.56. The van der Waals surface area contributed by atoms with Crippen molar-refractivity contribution in [3.8, 4) is 5.75 Å². The first-order valence-electron chi connectivity index (χ1n) is 6.98. The second-order valence-corrected chi connectivity index (χ2v) is 6.26. The maximum Gasteiger partial charge on any atom is 0.254 e. The molecule has 0 heterocycles. The van der Waals surface area contributed by atoms with Crippen molar-refractivity contribution in [2.45, 2.75) is 25.4 Å². The number of carbonyl (C=O) groups is 1. The summed E-state index contributed by atoms with van der Waals surface area (Å²) < 4.78 is 0.963. The third-order valence-electron chi connectivity index (χ3n) is 3.60. The lowest BCUT2D eigenvalue weighted by atomic mass is 10.1. The molecule has 0 atom stereocenters. The average Bonchev–Trinajstić information content (AvgIpc) is 3.29. The highest BCUT2D eigenvalue weighted by molar-refractivity contribution is 9.10. The van der Waals surface area contributed by atoms with E-state index in [1.165, 1.54) is 0 Å². The number of carbonyl (C=O) groups excluding carboxylic acids is 1. The van der Waals surface area contributed by atoms with E-state index in [9.17, 15) is 9.90 Å². The van der Waals surface area contributed by atoms with Crippen molar-refractivity contribution in [3.63, 3.8) is 0 Å². The zero-order chi connectivity index (χ0) is 14.8. The minimum atomic E-state index is 0.0494. The lowest BCUT2D eigenvalue weighted by molar-refractivity contribution is 0.0729. The molecule has 0 spiro atoms. The predicted molar refractivity (Wildman–Crippen MR) is 85.1 cm³/mol. The van der Waals surface area contributed by atoms with Gasteiger partial charge in [-0.05, 0) is 54.8 Å². The van der Waals surface area contributed by atoms with E-state index in [2.05, 4.69) is 15.9 Å². The zero-order valence-corrected chi connectivity index (χ0v) is 13.1. The summed E-state index contributed by atoms with van der Waals surface area (Å²) >= 11 is 3.38. The first-order valence-corrected chi connectivity index (χ1v) is 7.77. The molecule has 4 heteroatoms. The molecule has 2 aromatic rings. The van der Waals surface area contributed by atoms with Crippen molar-refractivity contribution in [1.29, 1.82) is 0 Å². The highest BCUT2D eigenvalue weighted by Crippen LogP contribution is 2.30. The average molecular weight is 346 g/mol. The largest absolute Gasteiger partial charge is 0.508 e. The van der Waals surface area contributed by atoms with Crippen LogP contribution in [0.2, 0.25) is 0 Å². The molecule has 2 aromatic carbocycles. The molecule has 0 aromatic heterocycles. The third kappa shape index (κ3) is 3.45. The first-order chi connectivity index (χ1) is 10.1. The van der Waals surface area contributed by atoms with Crippen molar-refractivity contribution >= 4 is 21.8 Å². The quantitative estimate of drug-likeness (QED) is 0.910. The fourth-order valence-electron chi connectivity index (χ4n) is 2.36. The fourth-order valence-corrected chi connectivity index (χ4v) is 2.63. The maximum absolute atomic E-state index is 12.7. The lowest BCUT2D eigenvalue weighted by Gasteiger charge is -2.23. The molecule has 1 fully saturated rings. The van der Waals surface area contributed by atoms with Gasteiger partial charge in [0, 0.05) is 22.6 Å². The van der Waals surface area contributed by atoms with Crippen LogP contribution >= 0.6 is 15.9 Å². The summed E-state index contributed by atoms with van der Waals surface area (Å²) in [5.74, 6) is 0.285. The van der Waals surface area contributed by atoms with Gasteiger partial charge in [0.05, 0.1) is 0 Å². The molecule has 1 saturated carbocycles. The number of aromatic hydroxyl groups is 1. The van der Waals surface area contributed by atoms with Gasteiger partial charge in [0.15, 0.2) is 0 Å². The minimum Gasteiger partial charge on any atom is -0.508 e. The Labute approximate surface area is 132 Å². The molecular formula is C17H16BrNO2. The first kappa shape index (κ1) is 14.1. The minimum absolute atomic E-state index is 0.0494. The molecule has 0 unspecified atom stereocenters. The van der Waals surface area contributed by atoms with Gasteiger partial charge in [-0.15, -0.1) is 0 Å². The number of nitrogens with zero attached hydrogens (tertiary/aromatic N) is 1. The van der Waals surface area contributed by atoms with E-state index in [1.807, 2.05) is 35.2 Å². The van der Waals surface area contributed by atoms with E-state index < -0.39 is 0 Å². The second-order valence-electron chi connectivity index (χ2n) is 5.34. The van der Waals surface area contributed by atoms with Crippen LogP contribution in [-0.4, -0.2) is 22.0 Å². The normalized spacial score (nSPS) is 14.0. The number of benzene rings is 2. The molecule has 1 amide bonds. The van der Waals surface area contributed by atoms with Crippen molar-refractivity contribution < 1.29 is 9.90 Å². The van der Waals surface area contributed by atoms with Crippen LogP contribution in [0.4, 0.5) is 0 Å². The van der Waals surface area contributed by atoms with E-state index in [0.29, 0.717) is 18.2 Å². The Kier molecular flexibility index (Phi) is 3.97. The van der Waals surface area contributed by atoms with Crippen LogP contribution in [-0.2, 0) is 6.54 Å². The highest BCUT2D eigenvalue weighted by Gasteiger charge is 2.33. The molecule has 0 saturated heterocycles. The van der Waals surface area contributed by atoms with Crippen molar-refractivity contribution in [1.82, 2.24) is 4.90 Å². The summed E-state index contributed by atoms with van der Waals surface area (Å²) in [7, 11) is 0. The Morgan fingerprint density at radius 3 is 2.52 bits per heavy atom. The van der Waals surface area contributed by atoms with Gasteiger partial charge in [-0.25, -0.2) is 0 Å². The van der Waals surface area contributed by atoms with Crippen LogP contribution < -0.4 is 0 Å². The fraction of sp³-hybridized carbons (Fsp3) is 0.235.